The molecule has 1 atom stereocenters. The topological polar surface area (TPSA) is 75.6 Å². The molecule has 0 aliphatic carbocycles. The van der Waals surface area contributed by atoms with Crippen molar-refractivity contribution in [3.63, 3.8) is 0 Å². The number of ether oxygens (including phenoxy) is 1. The van der Waals surface area contributed by atoms with Gasteiger partial charge in [0.15, 0.2) is 0 Å². The van der Waals surface area contributed by atoms with E-state index >= 15 is 0 Å². The fourth-order valence-corrected chi connectivity index (χ4v) is 2.01. The number of unbranched alkanes of at least 4 members (excludes halogenated alkanes) is 2. The van der Waals surface area contributed by atoms with Crippen LogP contribution in [0.2, 0.25) is 0 Å². The van der Waals surface area contributed by atoms with Gasteiger partial charge in [-0.15, -0.1) is 0 Å². The quantitative estimate of drug-likeness (QED) is 0.569. The van der Waals surface area contributed by atoms with Crippen LogP contribution >= 0.6 is 0 Å². The van der Waals surface area contributed by atoms with Crippen molar-refractivity contribution in [1.29, 1.82) is 0 Å². The van der Waals surface area contributed by atoms with Gasteiger partial charge in [0.25, 0.3) is 0 Å². The summed E-state index contributed by atoms with van der Waals surface area (Å²) >= 11 is 0. The lowest BCUT2D eigenvalue weighted by Gasteiger charge is -2.16. The summed E-state index contributed by atoms with van der Waals surface area (Å²) in [6.07, 6.45) is 3.61. The molecule has 0 bridgehead atoms. The van der Waals surface area contributed by atoms with Crippen LogP contribution in [0.15, 0.2) is 24.3 Å². The number of carbonyl (C=O) groups excluding carboxylic acids is 2. The van der Waals surface area contributed by atoms with Crippen LogP contribution in [-0.2, 0) is 20.7 Å². The molecule has 0 aromatic heterocycles. The molecule has 21 heavy (non-hydrogen) atoms. The monoisotopic (exact) mass is 293 g/mol. The van der Waals surface area contributed by atoms with Crippen LogP contribution in [0.1, 0.15) is 38.2 Å². The van der Waals surface area contributed by atoms with Gasteiger partial charge in [0.2, 0.25) is 5.91 Å². The van der Waals surface area contributed by atoms with Gasteiger partial charge in [0, 0.05) is 12.8 Å². The summed E-state index contributed by atoms with van der Waals surface area (Å²) in [5, 5.41) is 12.0. The first kappa shape index (κ1) is 17.0. The SMILES string of the molecule is CCCCCC(=O)N[C@@H](Cc1ccc(O)cc1)C(=O)OC. The number of hydrogen-bond acceptors (Lipinski definition) is 4. The molecule has 5 heteroatoms. The predicted octanol–water partition coefficient (Wildman–Crippen LogP) is 2.17. The molecule has 0 heterocycles. The fourth-order valence-electron chi connectivity index (χ4n) is 2.01. The van der Waals surface area contributed by atoms with Gasteiger partial charge in [0.05, 0.1) is 7.11 Å². The maximum atomic E-state index is 11.8. The van der Waals surface area contributed by atoms with Crippen LogP contribution in [0.3, 0.4) is 0 Å². The number of esters is 1. The Morgan fingerprint density at radius 3 is 2.48 bits per heavy atom. The Kier molecular flexibility index (Phi) is 7.29. The van der Waals surface area contributed by atoms with E-state index in [0.717, 1.165) is 24.8 Å². The van der Waals surface area contributed by atoms with E-state index in [9.17, 15) is 14.7 Å². The molecule has 0 aliphatic rings. The van der Waals surface area contributed by atoms with E-state index in [1.165, 1.54) is 7.11 Å². The summed E-state index contributed by atoms with van der Waals surface area (Å²) in [5.74, 6) is -0.443. The van der Waals surface area contributed by atoms with Crippen molar-refractivity contribution in [2.75, 3.05) is 7.11 Å². The third kappa shape index (κ3) is 6.29. The Morgan fingerprint density at radius 1 is 1.24 bits per heavy atom. The first-order valence-corrected chi connectivity index (χ1v) is 7.22. The van der Waals surface area contributed by atoms with Gasteiger partial charge in [-0.05, 0) is 24.1 Å². The number of methoxy groups -OCH3 is 1. The lowest BCUT2D eigenvalue weighted by Crippen LogP contribution is -2.43. The van der Waals surface area contributed by atoms with Crippen molar-refractivity contribution in [2.24, 2.45) is 0 Å². The minimum absolute atomic E-state index is 0.141. The minimum Gasteiger partial charge on any atom is -0.508 e. The summed E-state index contributed by atoms with van der Waals surface area (Å²) < 4.78 is 4.73. The first-order valence-electron chi connectivity index (χ1n) is 7.22. The normalized spacial score (nSPS) is 11.7. The molecule has 2 N–H and O–H groups in total. The van der Waals surface area contributed by atoms with Crippen molar-refractivity contribution < 1.29 is 19.4 Å². The number of phenolic OH excluding ortho intramolecular Hbond substituents is 1. The molecule has 0 radical (unpaired) electrons. The van der Waals surface area contributed by atoms with Crippen LogP contribution in [0, 0.1) is 0 Å². The zero-order valence-electron chi connectivity index (χ0n) is 12.6. The maximum Gasteiger partial charge on any atom is 0.328 e. The smallest absolute Gasteiger partial charge is 0.328 e. The molecule has 0 spiro atoms. The predicted molar refractivity (Wildman–Crippen MR) is 79.9 cm³/mol. The number of benzene rings is 1. The Balaban J connectivity index is 2.61. The van der Waals surface area contributed by atoms with Gasteiger partial charge in [-0.1, -0.05) is 31.9 Å². The van der Waals surface area contributed by atoms with E-state index in [-0.39, 0.29) is 11.7 Å². The minimum atomic E-state index is -0.700. The number of aromatic hydroxyl groups is 1. The Labute approximate surface area is 125 Å². The molecule has 0 fully saturated rings. The second-order valence-corrected chi connectivity index (χ2v) is 4.97. The molecule has 0 unspecified atom stereocenters. The van der Waals surface area contributed by atoms with Gasteiger partial charge in [-0.3, -0.25) is 4.79 Å². The van der Waals surface area contributed by atoms with E-state index in [0.29, 0.717) is 12.8 Å². The van der Waals surface area contributed by atoms with Crippen molar-refractivity contribution in [3.05, 3.63) is 29.8 Å². The van der Waals surface area contributed by atoms with Gasteiger partial charge in [-0.25, -0.2) is 4.79 Å². The average Bonchev–Trinajstić information content (AvgIpc) is 2.48. The van der Waals surface area contributed by atoms with Crippen LogP contribution in [0.4, 0.5) is 0 Å². The number of rotatable bonds is 8. The highest BCUT2D eigenvalue weighted by Gasteiger charge is 2.21. The second-order valence-electron chi connectivity index (χ2n) is 4.97. The molecule has 1 amide bonds. The highest BCUT2D eigenvalue weighted by atomic mass is 16.5. The van der Waals surface area contributed by atoms with Crippen LogP contribution in [-0.4, -0.2) is 30.1 Å². The largest absolute Gasteiger partial charge is 0.508 e. The highest BCUT2D eigenvalue weighted by Crippen LogP contribution is 2.12. The third-order valence-corrected chi connectivity index (χ3v) is 3.20. The molecular formula is C16H23NO4. The van der Waals surface area contributed by atoms with Crippen LogP contribution < -0.4 is 5.32 Å². The van der Waals surface area contributed by atoms with E-state index in [1.807, 2.05) is 0 Å². The number of nitrogens with one attached hydrogen (secondary N) is 1. The van der Waals surface area contributed by atoms with Gasteiger partial charge >= 0.3 is 5.97 Å². The molecular weight excluding hydrogens is 270 g/mol. The molecule has 0 saturated heterocycles. The van der Waals surface area contributed by atoms with Crippen molar-refractivity contribution in [3.8, 4) is 5.75 Å². The molecule has 1 rings (SSSR count). The zero-order valence-corrected chi connectivity index (χ0v) is 12.6. The van der Waals surface area contributed by atoms with Gasteiger partial charge in [-0.2, -0.15) is 0 Å². The van der Waals surface area contributed by atoms with Crippen molar-refractivity contribution in [2.45, 2.75) is 45.1 Å². The van der Waals surface area contributed by atoms with E-state index in [4.69, 9.17) is 4.74 Å². The highest BCUT2D eigenvalue weighted by molar-refractivity contribution is 5.84. The van der Waals surface area contributed by atoms with Gasteiger partial charge < -0.3 is 15.2 Å². The Morgan fingerprint density at radius 2 is 1.90 bits per heavy atom. The fraction of sp³-hybridized carbons (Fsp3) is 0.500. The van der Waals surface area contributed by atoms with E-state index in [1.54, 1.807) is 24.3 Å². The molecule has 5 nitrogen and oxygen atoms in total. The Bertz CT molecular complexity index is 456. The van der Waals surface area contributed by atoms with Crippen LogP contribution in [0.5, 0.6) is 5.75 Å². The molecule has 0 saturated carbocycles. The number of amides is 1. The molecule has 1 aromatic carbocycles. The van der Waals surface area contributed by atoms with Crippen molar-refractivity contribution in [1.82, 2.24) is 5.32 Å². The van der Waals surface area contributed by atoms with E-state index in [2.05, 4.69) is 12.2 Å². The van der Waals surface area contributed by atoms with Crippen molar-refractivity contribution >= 4 is 11.9 Å². The lowest BCUT2D eigenvalue weighted by atomic mass is 10.1. The number of phenols is 1. The number of hydrogen-bond donors (Lipinski definition) is 2. The zero-order chi connectivity index (χ0) is 15.7. The third-order valence-electron chi connectivity index (χ3n) is 3.20. The Hall–Kier alpha value is -2.04. The summed E-state index contributed by atoms with van der Waals surface area (Å²) in [6.45, 7) is 2.07. The average molecular weight is 293 g/mol. The summed E-state index contributed by atoms with van der Waals surface area (Å²) in [5.41, 5.74) is 0.844. The standard InChI is InChI=1S/C16H23NO4/c1-3-4-5-6-15(19)17-14(16(20)21-2)11-12-7-9-13(18)10-8-12/h7-10,14,18H,3-6,11H2,1-2H3,(H,17,19)/t14-/m0/s1. The summed E-state index contributed by atoms with van der Waals surface area (Å²) in [4.78, 5) is 23.6. The van der Waals surface area contributed by atoms with Crippen LogP contribution in [0.25, 0.3) is 0 Å². The van der Waals surface area contributed by atoms with Gasteiger partial charge in [0.1, 0.15) is 11.8 Å². The first-order chi connectivity index (χ1) is 10.1. The summed E-state index contributed by atoms with van der Waals surface area (Å²) in [7, 11) is 1.30. The second kappa shape index (κ2) is 9.00. The maximum absolute atomic E-state index is 11.8. The van der Waals surface area contributed by atoms with E-state index < -0.39 is 12.0 Å². The molecule has 1 aromatic rings. The molecule has 116 valence electrons. The molecule has 0 aliphatic heterocycles. The lowest BCUT2D eigenvalue weighted by molar-refractivity contribution is -0.145. The number of carbonyl (C=O) groups is 2. The summed E-state index contributed by atoms with van der Waals surface area (Å²) in [6, 6.07) is 5.83.